The minimum atomic E-state index is -2.96. The first-order chi connectivity index (χ1) is 13.9. The number of hydrogen-bond acceptors (Lipinski definition) is 4. The summed E-state index contributed by atoms with van der Waals surface area (Å²) in [7, 11) is 0. The summed E-state index contributed by atoms with van der Waals surface area (Å²) in [5.41, 5.74) is 0.910. The SMILES string of the molecule is CCNC(=NCc1cc(Cl)ccc1OC(F)F)NCC(=O)Nc1ccc(O)cc1.I. The number of rotatable bonds is 8. The Kier molecular flexibility index (Phi) is 11.2. The van der Waals surface area contributed by atoms with E-state index in [4.69, 9.17) is 11.6 Å². The number of aromatic hydroxyl groups is 1. The molecule has 0 atom stereocenters. The number of carbonyl (C=O) groups is 1. The van der Waals surface area contributed by atoms with E-state index in [1.165, 1.54) is 30.3 Å². The van der Waals surface area contributed by atoms with Crippen LogP contribution in [0.25, 0.3) is 0 Å². The number of phenols is 1. The van der Waals surface area contributed by atoms with Crippen LogP contribution in [0.5, 0.6) is 11.5 Å². The standard InChI is InChI=1S/C19H21ClF2N4O3.HI/c1-2-23-19(25-11-17(28)26-14-4-6-15(27)7-5-14)24-10-12-9-13(20)3-8-16(12)29-18(21)22;/h3-9,18,27H,2,10-11H2,1H3,(H,26,28)(H2,23,24,25);1H. The molecule has 0 fully saturated rings. The summed E-state index contributed by atoms with van der Waals surface area (Å²) in [6.45, 7) is -0.658. The minimum Gasteiger partial charge on any atom is -0.508 e. The Morgan fingerprint density at radius 3 is 2.53 bits per heavy atom. The number of anilines is 1. The fraction of sp³-hybridized carbons (Fsp3) is 0.263. The minimum absolute atomic E-state index is 0. The molecular weight excluding hydrogens is 533 g/mol. The Morgan fingerprint density at radius 1 is 1.20 bits per heavy atom. The van der Waals surface area contributed by atoms with E-state index in [2.05, 4.69) is 25.7 Å². The monoisotopic (exact) mass is 554 g/mol. The predicted molar refractivity (Wildman–Crippen MR) is 123 cm³/mol. The van der Waals surface area contributed by atoms with Crippen molar-refractivity contribution < 1.29 is 23.4 Å². The number of amides is 1. The fourth-order valence-electron chi connectivity index (χ4n) is 2.30. The number of ether oxygens (including phenoxy) is 1. The summed E-state index contributed by atoms with van der Waals surface area (Å²) in [5.74, 6) is 0.0649. The first-order valence-electron chi connectivity index (χ1n) is 8.71. The lowest BCUT2D eigenvalue weighted by atomic mass is 10.2. The normalized spacial score (nSPS) is 10.9. The highest BCUT2D eigenvalue weighted by molar-refractivity contribution is 14.0. The van der Waals surface area contributed by atoms with Crippen molar-refractivity contribution in [1.29, 1.82) is 0 Å². The van der Waals surface area contributed by atoms with Gasteiger partial charge < -0.3 is 25.8 Å². The third-order valence-corrected chi connectivity index (χ3v) is 3.79. The number of halogens is 4. The average Bonchev–Trinajstić information content (AvgIpc) is 2.67. The molecule has 0 saturated carbocycles. The van der Waals surface area contributed by atoms with Crippen molar-refractivity contribution in [3.05, 3.63) is 53.1 Å². The highest BCUT2D eigenvalue weighted by atomic mass is 127. The van der Waals surface area contributed by atoms with Gasteiger partial charge in [-0.25, -0.2) is 4.99 Å². The topological polar surface area (TPSA) is 95.0 Å². The van der Waals surface area contributed by atoms with Crippen LogP contribution in [0, 0.1) is 0 Å². The van der Waals surface area contributed by atoms with Gasteiger partial charge in [-0.05, 0) is 49.4 Å². The fourth-order valence-corrected chi connectivity index (χ4v) is 2.50. The first-order valence-corrected chi connectivity index (χ1v) is 9.09. The molecule has 4 N–H and O–H groups in total. The second-order valence-corrected chi connectivity index (χ2v) is 6.21. The van der Waals surface area contributed by atoms with Gasteiger partial charge in [0, 0.05) is 22.8 Å². The molecule has 30 heavy (non-hydrogen) atoms. The average molecular weight is 555 g/mol. The zero-order chi connectivity index (χ0) is 21.2. The van der Waals surface area contributed by atoms with E-state index in [9.17, 15) is 18.7 Å². The number of hydrogen-bond donors (Lipinski definition) is 4. The van der Waals surface area contributed by atoms with Gasteiger partial charge in [0.15, 0.2) is 5.96 Å². The predicted octanol–water partition coefficient (Wildman–Crippen LogP) is 3.96. The van der Waals surface area contributed by atoms with E-state index < -0.39 is 6.61 Å². The molecule has 0 aliphatic carbocycles. The van der Waals surface area contributed by atoms with E-state index in [1.54, 1.807) is 12.1 Å². The van der Waals surface area contributed by atoms with Crippen LogP contribution in [0.4, 0.5) is 14.5 Å². The van der Waals surface area contributed by atoms with Gasteiger partial charge in [-0.2, -0.15) is 8.78 Å². The zero-order valence-electron chi connectivity index (χ0n) is 16.0. The maximum atomic E-state index is 12.6. The molecule has 0 radical (unpaired) electrons. The highest BCUT2D eigenvalue weighted by Crippen LogP contribution is 2.25. The molecule has 2 aromatic rings. The summed E-state index contributed by atoms with van der Waals surface area (Å²) < 4.78 is 29.6. The van der Waals surface area contributed by atoms with Crippen LogP contribution in [-0.2, 0) is 11.3 Å². The van der Waals surface area contributed by atoms with Crippen molar-refractivity contribution >= 4 is 53.1 Å². The molecule has 0 unspecified atom stereocenters. The van der Waals surface area contributed by atoms with Crippen molar-refractivity contribution in [1.82, 2.24) is 10.6 Å². The quantitative estimate of drug-likeness (QED) is 0.172. The Balaban J connectivity index is 0.00000450. The molecule has 2 aromatic carbocycles. The number of aliphatic imine (C=N–C) groups is 1. The third-order valence-electron chi connectivity index (χ3n) is 3.56. The molecule has 0 saturated heterocycles. The van der Waals surface area contributed by atoms with Crippen LogP contribution >= 0.6 is 35.6 Å². The summed E-state index contributed by atoms with van der Waals surface area (Å²) in [6, 6.07) is 10.3. The molecule has 7 nitrogen and oxygen atoms in total. The van der Waals surface area contributed by atoms with Crippen LogP contribution in [0.1, 0.15) is 12.5 Å². The van der Waals surface area contributed by atoms with Crippen molar-refractivity contribution in [3.63, 3.8) is 0 Å². The van der Waals surface area contributed by atoms with Gasteiger partial charge in [-0.3, -0.25) is 4.79 Å². The Labute approximate surface area is 194 Å². The van der Waals surface area contributed by atoms with E-state index in [-0.39, 0.29) is 54.5 Å². The second kappa shape index (κ2) is 13.1. The highest BCUT2D eigenvalue weighted by Gasteiger charge is 2.11. The van der Waals surface area contributed by atoms with E-state index in [0.717, 1.165) is 0 Å². The lowest BCUT2D eigenvalue weighted by Crippen LogP contribution is -2.41. The van der Waals surface area contributed by atoms with E-state index in [0.29, 0.717) is 28.8 Å². The van der Waals surface area contributed by atoms with Gasteiger partial charge in [-0.1, -0.05) is 11.6 Å². The molecule has 0 bridgehead atoms. The molecule has 2 rings (SSSR count). The molecular formula is C19H22ClF2IN4O3. The van der Waals surface area contributed by atoms with E-state index >= 15 is 0 Å². The Hall–Kier alpha value is -2.34. The van der Waals surface area contributed by atoms with Crippen LogP contribution in [0.3, 0.4) is 0 Å². The maximum Gasteiger partial charge on any atom is 0.387 e. The Morgan fingerprint density at radius 2 is 1.90 bits per heavy atom. The molecule has 0 aliphatic rings. The van der Waals surface area contributed by atoms with Gasteiger partial charge >= 0.3 is 6.61 Å². The lowest BCUT2D eigenvalue weighted by molar-refractivity contribution is -0.115. The van der Waals surface area contributed by atoms with Crippen molar-refractivity contribution in [2.75, 3.05) is 18.4 Å². The van der Waals surface area contributed by atoms with Gasteiger partial charge in [-0.15, -0.1) is 24.0 Å². The maximum absolute atomic E-state index is 12.6. The van der Waals surface area contributed by atoms with Gasteiger partial charge in [0.2, 0.25) is 5.91 Å². The molecule has 0 aliphatic heterocycles. The summed E-state index contributed by atoms with van der Waals surface area (Å²) in [5, 5.41) is 18.1. The van der Waals surface area contributed by atoms with Crippen LogP contribution < -0.4 is 20.7 Å². The molecule has 11 heteroatoms. The van der Waals surface area contributed by atoms with Gasteiger partial charge in [0.1, 0.15) is 11.5 Å². The van der Waals surface area contributed by atoms with Gasteiger partial charge in [0.05, 0.1) is 13.1 Å². The van der Waals surface area contributed by atoms with Gasteiger partial charge in [0.25, 0.3) is 0 Å². The number of alkyl halides is 2. The molecule has 0 spiro atoms. The molecule has 164 valence electrons. The number of nitrogens with one attached hydrogen (secondary N) is 3. The van der Waals surface area contributed by atoms with Crippen LogP contribution in [0.2, 0.25) is 5.02 Å². The van der Waals surface area contributed by atoms with E-state index in [1.807, 2.05) is 6.92 Å². The number of benzene rings is 2. The number of carbonyl (C=O) groups excluding carboxylic acids is 1. The summed E-state index contributed by atoms with van der Waals surface area (Å²) in [4.78, 5) is 16.3. The summed E-state index contributed by atoms with van der Waals surface area (Å²) in [6.07, 6.45) is 0. The summed E-state index contributed by atoms with van der Waals surface area (Å²) >= 11 is 5.93. The smallest absolute Gasteiger partial charge is 0.387 e. The first kappa shape index (κ1) is 25.7. The lowest BCUT2D eigenvalue weighted by Gasteiger charge is -2.13. The zero-order valence-corrected chi connectivity index (χ0v) is 19.1. The van der Waals surface area contributed by atoms with Crippen LogP contribution in [-0.4, -0.2) is 36.7 Å². The number of guanidine groups is 1. The molecule has 0 heterocycles. The number of nitrogens with zero attached hydrogens (tertiary/aromatic N) is 1. The van der Waals surface area contributed by atoms with Crippen LogP contribution in [0.15, 0.2) is 47.5 Å². The largest absolute Gasteiger partial charge is 0.508 e. The molecule has 1 amide bonds. The van der Waals surface area contributed by atoms with Crippen molar-refractivity contribution in [2.45, 2.75) is 20.1 Å². The van der Waals surface area contributed by atoms with Crippen molar-refractivity contribution in [3.8, 4) is 11.5 Å². The number of phenolic OH excluding ortho intramolecular Hbond substituents is 1. The molecule has 0 aromatic heterocycles. The second-order valence-electron chi connectivity index (χ2n) is 5.77. The Bertz CT molecular complexity index is 854. The van der Waals surface area contributed by atoms with Crippen molar-refractivity contribution in [2.24, 2.45) is 4.99 Å². The third kappa shape index (κ3) is 8.99.